The second kappa shape index (κ2) is 6.45. The molecule has 3 rings (SSSR count). The number of hydrogen-bond donors (Lipinski definition) is 1. The van der Waals surface area contributed by atoms with E-state index in [9.17, 15) is 4.79 Å². The molecular weight excluding hydrogens is 232 g/mol. The van der Waals surface area contributed by atoms with Crippen LogP contribution in [-0.2, 0) is 0 Å². The van der Waals surface area contributed by atoms with E-state index in [-0.39, 0.29) is 5.56 Å². The summed E-state index contributed by atoms with van der Waals surface area (Å²) in [5.41, 5.74) is -0.136. The predicted molar refractivity (Wildman–Crippen MR) is 73.5 cm³/mol. The molecule has 0 aliphatic carbocycles. The molecule has 0 atom stereocenters. The quantitative estimate of drug-likeness (QED) is 0.779. The number of H-pyrrole nitrogens is 1. The average molecular weight is 248 g/mol. The molecule has 0 bridgehead atoms. The fourth-order valence-corrected chi connectivity index (χ4v) is 2.74. The monoisotopic (exact) mass is 248 g/mol. The standard InChI is InChI=1S/C8H6N2O.C5H10S/c11-8-7-4-2-1-3-6(7)5-9-10-8;1-2-4-6-5-3-1/h1-5H,(H,10,11);1-5H2. The van der Waals surface area contributed by atoms with E-state index >= 15 is 0 Å². The van der Waals surface area contributed by atoms with Gasteiger partial charge in [0.2, 0.25) is 0 Å². The summed E-state index contributed by atoms with van der Waals surface area (Å²) in [4.78, 5) is 11.1. The maximum atomic E-state index is 11.1. The largest absolute Gasteiger partial charge is 0.272 e. The molecule has 0 spiro atoms. The Bertz CT molecular complexity index is 503. The van der Waals surface area contributed by atoms with Gasteiger partial charge in [-0.15, -0.1) is 0 Å². The molecule has 4 heteroatoms. The lowest BCUT2D eigenvalue weighted by atomic mass is 10.2. The highest BCUT2D eigenvalue weighted by atomic mass is 32.2. The highest BCUT2D eigenvalue weighted by Crippen LogP contribution is 2.14. The van der Waals surface area contributed by atoms with Gasteiger partial charge in [-0.1, -0.05) is 24.6 Å². The zero-order valence-corrected chi connectivity index (χ0v) is 10.5. The maximum Gasteiger partial charge on any atom is 0.272 e. The number of aromatic nitrogens is 2. The van der Waals surface area contributed by atoms with Crippen LogP contribution >= 0.6 is 11.8 Å². The molecule has 1 saturated heterocycles. The first kappa shape index (κ1) is 12.2. The van der Waals surface area contributed by atoms with Gasteiger partial charge >= 0.3 is 0 Å². The first-order valence-electron chi connectivity index (χ1n) is 5.88. The van der Waals surface area contributed by atoms with E-state index in [2.05, 4.69) is 22.0 Å². The van der Waals surface area contributed by atoms with Crippen molar-refractivity contribution < 1.29 is 0 Å². The molecule has 90 valence electrons. The van der Waals surface area contributed by atoms with Crippen molar-refractivity contribution in [3.8, 4) is 0 Å². The predicted octanol–water partition coefficient (Wildman–Crippen LogP) is 2.83. The number of benzene rings is 1. The topological polar surface area (TPSA) is 45.8 Å². The molecule has 1 aromatic heterocycles. The lowest BCUT2D eigenvalue weighted by Gasteiger charge is -2.05. The Morgan fingerprint density at radius 3 is 2.47 bits per heavy atom. The second-order valence-electron chi connectivity index (χ2n) is 3.96. The minimum absolute atomic E-state index is 0.136. The van der Waals surface area contributed by atoms with E-state index in [4.69, 9.17) is 0 Å². The third-order valence-electron chi connectivity index (χ3n) is 2.65. The van der Waals surface area contributed by atoms with Crippen LogP contribution in [0.5, 0.6) is 0 Å². The summed E-state index contributed by atoms with van der Waals surface area (Å²) >= 11 is 2.09. The smallest absolute Gasteiger partial charge is 0.267 e. The third kappa shape index (κ3) is 3.60. The number of rotatable bonds is 0. The van der Waals surface area contributed by atoms with Crippen LogP contribution in [0.4, 0.5) is 0 Å². The number of thioether (sulfide) groups is 1. The number of aromatic amines is 1. The van der Waals surface area contributed by atoms with Crippen molar-refractivity contribution in [1.29, 1.82) is 0 Å². The number of nitrogens with one attached hydrogen (secondary N) is 1. The summed E-state index contributed by atoms with van der Waals surface area (Å²) in [7, 11) is 0. The summed E-state index contributed by atoms with van der Waals surface area (Å²) < 4.78 is 0. The van der Waals surface area contributed by atoms with Crippen molar-refractivity contribution in [1.82, 2.24) is 10.2 Å². The van der Waals surface area contributed by atoms with E-state index in [1.165, 1.54) is 30.8 Å². The van der Waals surface area contributed by atoms with Crippen molar-refractivity contribution in [2.75, 3.05) is 11.5 Å². The fraction of sp³-hybridized carbons (Fsp3) is 0.385. The zero-order chi connectivity index (χ0) is 11.9. The zero-order valence-electron chi connectivity index (χ0n) is 9.69. The SMILES string of the molecule is C1CCSCC1.O=c1[nH]ncc2ccccc12. The van der Waals surface area contributed by atoms with E-state index in [1.54, 1.807) is 12.3 Å². The van der Waals surface area contributed by atoms with Gasteiger partial charge in [-0.2, -0.15) is 16.9 Å². The van der Waals surface area contributed by atoms with Gasteiger partial charge in [0.05, 0.1) is 6.20 Å². The third-order valence-corrected chi connectivity index (χ3v) is 3.81. The molecule has 2 aromatic rings. The van der Waals surface area contributed by atoms with E-state index in [0.717, 1.165) is 5.39 Å². The Morgan fingerprint density at radius 1 is 1.12 bits per heavy atom. The molecule has 1 N–H and O–H groups in total. The molecule has 2 heterocycles. The van der Waals surface area contributed by atoms with Crippen LogP contribution in [-0.4, -0.2) is 21.7 Å². The minimum Gasteiger partial charge on any atom is -0.267 e. The summed E-state index contributed by atoms with van der Waals surface area (Å²) in [6.45, 7) is 0. The van der Waals surface area contributed by atoms with Gasteiger partial charge in [-0.3, -0.25) is 4.79 Å². The molecule has 0 amide bonds. The lowest BCUT2D eigenvalue weighted by Crippen LogP contribution is -2.06. The molecule has 17 heavy (non-hydrogen) atoms. The first-order valence-corrected chi connectivity index (χ1v) is 7.03. The van der Waals surface area contributed by atoms with Gasteiger partial charge in [0, 0.05) is 10.8 Å². The van der Waals surface area contributed by atoms with Crippen molar-refractivity contribution in [2.45, 2.75) is 19.3 Å². The van der Waals surface area contributed by atoms with Crippen LogP contribution in [0.1, 0.15) is 19.3 Å². The molecule has 1 aromatic carbocycles. The fourth-order valence-electron chi connectivity index (χ4n) is 1.72. The molecular formula is C13H16N2OS. The van der Waals surface area contributed by atoms with Crippen molar-refractivity contribution in [3.63, 3.8) is 0 Å². The second-order valence-corrected chi connectivity index (χ2v) is 5.18. The van der Waals surface area contributed by atoms with Gasteiger partial charge in [0.25, 0.3) is 5.56 Å². The van der Waals surface area contributed by atoms with Crippen LogP contribution in [0, 0.1) is 0 Å². The molecule has 0 saturated carbocycles. The van der Waals surface area contributed by atoms with Gasteiger partial charge in [-0.25, -0.2) is 5.10 Å². The van der Waals surface area contributed by atoms with E-state index in [1.807, 2.05) is 18.2 Å². The Labute approximate surface area is 105 Å². The molecule has 1 aliphatic heterocycles. The van der Waals surface area contributed by atoms with Gasteiger partial charge in [0.15, 0.2) is 0 Å². The minimum atomic E-state index is -0.136. The highest BCUT2D eigenvalue weighted by molar-refractivity contribution is 7.99. The Kier molecular flexibility index (Phi) is 4.62. The van der Waals surface area contributed by atoms with Crippen molar-refractivity contribution in [3.05, 3.63) is 40.8 Å². The first-order chi connectivity index (χ1) is 8.38. The van der Waals surface area contributed by atoms with Gasteiger partial charge < -0.3 is 0 Å². The summed E-state index contributed by atoms with van der Waals surface area (Å²) in [6, 6.07) is 7.34. The van der Waals surface area contributed by atoms with Crippen molar-refractivity contribution >= 4 is 22.5 Å². The van der Waals surface area contributed by atoms with Gasteiger partial charge in [0.1, 0.15) is 0 Å². The van der Waals surface area contributed by atoms with Gasteiger partial charge in [-0.05, 0) is 30.4 Å². The molecule has 0 radical (unpaired) electrons. The van der Waals surface area contributed by atoms with E-state index < -0.39 is 0 Å². The Morgan fingerprint density at radius 2 is 1.88 bits per heavy atom. The summed E-state index contributed by atoms with van der Waals surface area (Å²) in [6.07, 6.45) is 6.04. The number of hydrogen-bond acceptors (Lipinski definition) is 3. The molecule has 3 nitrogen and oxygen atoms in total. The number of nitrogens with zero attached hydrogens (tertiary/aromatic N) is 1. The van der Waals surface area contributed by atoms with Crippen LogP contribution in [0.2, 0.25) is 0 Å². The van der Waals surface area contributed by atoms with Crippen LogP contribution in [0.25, 0.3) is 10.8 Å². The Hall–Kier alpha value is -1.29. The molecule has 0 unspecified atom stereocenters. The molecule has 1 fully saturated rings. The summed E-state index contributed by atoms with van der Waals surface area (Å²) in [5, 5.41) is 7.60. The normalized spacial score (nSPS) is 15.1. The molecule has 1 aliphatic rings. The average Bonchev–Trinajstić information content (AvgIpc) is 2.42. The summed E-state index contributed by atoms with van der Waals surface area (Å²) in [5.74, 6) is 2.83. The van der Waals surface area contributed by atoms with E-state index in [0.29, 0.717) is 5.39 Å². The highest BCUT2D eigenvalue weighted by Gasteiger charge is 1.95. The van der Waals surface area contributed by atoms with Crippen LogP contribution < -0.4 is 5.56 Å². The number of fused-ring (bicyclic) bond motifs is 1. The Balaban J connectivity index is 0.000000153. The van der Waals surface area contributed by atoms with Crippen LogP contribution in [0.3, 0.4) is 0 Å². The van der Waals surface area contributed by atoms with Crippen LogP contribution in [0.15, 0.2) is 35.3 Å². The lowest BCUT2D eigenvalue weighted by molar-refractivity contribution is 0.764. The maximum absolute atomic E-state index is 11.1. The van der Waals surface area contributed by atoms with Crippen molar-refractivity contribution in [2.24, 2.45) is 0 Å².